The lowest BCUT2D eigenvalue weighted by atomic mass is 10.0. The van der Waals surface area contributed by atoms with Crippen LogP contribution in [-0.2, 0) is 13.9 Å². The number of hydrogen-bond acceptors (Lipinski definition) is 3. The van der Waals surface area contributed by atoms with Crippen molar-refractivity contribution in [2.45, 2.75) is 103 Å². The Hall–Kier alpha value is 0.0969. The molecular weight excluding hydrogens is 280 g/mol. The van der Waals surface area contributed by atoms with E-state index in [0.717, 1.165) is 6.42 Å². The monoisotopic (exact) mass is 316 g/mol. The van der Waals surface area contributed by atoms with Crippen LogP contribution in [0.4, 0.5) is 0 Å². The van der Waals surface area contributed by atoms with Crippen molar-refractivity contribution in [3.05, 3.63) is 0 Å². The fourth-order valence-electron chi connectivity index (χ4n) is 2.80. The Labute approximate surface area is 132 Å². The smallest absolute Gasteiger partial charge is 0.184 e. The van der Waals surface area contributed by atoms with E-state index in [2.05, 4.69) is 26.6 Å². The van der Waals surface area contributed by atoms with E-state index in [1.54, 1.807) is 0 Å². The zero-order chi connectivity index (χ0) is 15.9. The Kier molecular flexibility index (Phi) is 7.89. The maximum atomic E-state index is 6.38. The van der Waals surface area contributed by atoms with Crippen molar-refractivity contribution >= 4 is 8.32 Å². The summed E-state index contributed by atoms with van der Waals surface area (Å²) in [6.45, 7) is 13.7. The summed E-state index contributed by atoms with van der Waals surface area (Å²) in [6.07, 6.45) is 9.33. The van der Waals surface area contributed by atoms with Crippen molar-refractivity contribution in [1.29, 1.82) is 0 Å². The minimum atomic E-state index is -1.55. The molecule has 1 rings (SSSR count). The van der Waals surface area contributed by atoms with E-state index in [9.17, 15) is 0 Å². The summed E-state index contributed by atoms with van der Waals surface area (Å²) in [6, 6.07) is 0. The summed E-state index contributed by atoms with van der Waals surface area (Å²) in [7, 11) is -1.55. The van der Waals surface area contributed by atoms with E-state index in [-0.39, 0.29) is 12.2 Å². The second-order valence-corrected chi connectivity index (χ2v) is 12.2. The van der Waals surface area contributed by atoms with Crippen molar-refractivity contribution in [3.63, 3.8) is 0 Å². The first-order chi connectivity index (χ1) is 9.73. The molecule has 0 N–H and O–H groups in total. The van der Waals surface area contributed by atoms with Gasteiger partial charge >= 0.3 is 0 Å². The van der Waals surface area contributed by atoms with Crippen molar-refractivity contribution in [1.82, 2.24) is 0 Å². The first kappa shape index (κ1) is 19.1. The second-order valence-electron chi connectivity index (χ2n) is 7.69. The van der Waals surface area contributed by atoms with Crippen LogP contribution in [0.3, 0.4) is 0 Å². The van der Waals surface area contributed by atoms with Gasteiger partial charge in [0.1, 0.15) is 6.10 Å². The quantitative estimate of drug-likeness (QED) is 0.414. The van der Waals surface area contributed by atoms with Gasteiger partial charge in [0.15, 0.2) is 14.1 Å². The summed E-state index contributed by atoms with van der Waals surface area (Å²) in [4.78, 5) is 0. The first-order valence-corrected chi connectivity index (χ1v) is 12.1. The highest BCUT2D eigenvalue weighted by molar-refractivity contribution is 6.69. The molecule has 1 fully saturated rings. The summed E-state index contributed by atoms with van der Waals surface area (Å²) < 4.78 is 18.1. The largest absolute Gasteiger partial charge is 0.412 e. The van der Waals surface area contributed by atoms with Crippen LogP contribution in [0, 0.1) is 0 Å². The normalized spacial score (nSPS) is 23.4. The SMILES string of the molecule is CCCCCCCC[C@H](O[Si](C)(C)C)[C@H]1COC(C)(C)O1. The minimum Gasteiger partial charge on any atom is -0.412 e. The van der Waals surface area contributed by atoms with E-state index in [1.165, 1.54) is 38.5 Å². The van der Waals surface area contributed by atoms with Gasteiger partial charge in [0.05, 0.1) is 12.7 Å². The lowest BCUT2D eigenvalue weighted by Gasteiger charge is -2.30. The molecule has 0 aromatic rings. The molecule has 0 bridgehead atoms. The molecule has 0 amide bonds. The Morgan fingerprint density at radius 1 is 1.10 bits per heavy atom. The molecule has 1 saturated heterocycles. The van der Waals surface area contributed by atoms with Crippen LogP contribution < -0.4 is 0 Å². The third-order valence-electron chi connectivity index (χ3n) is 3.79. The molecular formula is C17H36O3Si. The van der Waals surface area contributed by atoms with E-state index in [4.69, 9.17) is 13.9 Å². The van der Waals surface area contributed by atoms with E-state index < -0.39 is 14.1 Å². The van der Waals surface area contributed by atoms with Crippen LogP contribution in [0.15, 0.2) is 0 Å². The summed E-state index contributed by atoms with van der Waals surface area (Å²) in [5.74, 6) is -0.452. The van der Waals surface area contributed by atoms with Gasteiger partial charge in [-0.05, 0) is 39.9 Å². The van der Waals surface area contributed by atoms with Crippen LogP contribution >= 0.6 is 0 Å². The van der Waals surface area contributed by atoms with Gasteiger partial charge in [0.2, 0.25) is 0 Å². The molecule has 0 aromatic carbocycles. The van der Waals surface area contributed by atoms with Crippen molar-refractivity contribution in [3.8, 4) is 0 Å². The Morgan fingerprint density at radius 3 is 2.24 bits per heavy atom. The molecule has 4 heteroatoms. The molecule has 0 aliphatic carbocycles. The van der Waals surface area contributed by atoms with Crippen LogP contribution in [0.1, 0.15) is 65.7 Å². The number of rotatable bonds is 10. The molecule has 1 heterocycles. The number of ether oxygens (including phenoxy) is 2. The van der Waals surface area contributed by atoms with E-state index in [1.807, 2.05) is 13.8 Å². The zero-order valence-corrected chi connectivity index (χ0v) is 16.0. The summed E-state index contributed by atoms with van der Waals surface area (Å²) in [5, 5.41) is 0. The highest BCUT2D eigenvalue weighted by Crippen LogP contribution is 2.29. The number of hydrogen-bond donors (Lipinski definition) is 0. The van der Waals surface area contributed by atoms with Crippen LogP contribution in [-0.4, -0.2) is 32.9 Å². The molecule has 3 nitrogen and oxygen atoms in total. The molecule has 21 heavy (non-hydrogen) atoms. The molecule has 1 aliphatic heterocycles. The van der Waals surface area contributed by atoms with Gasteiger partial charge in [-0.25, -0.2) is 0 Å². The van der Waals surface area contributed by atoms with Crippen LogP contribution in [0.2, 0.25) is 19.6 Å². The van der Waals surface area contributed by atoms with Crippen LogP contribution in [0.5, 0.6) is 0 Å². The minimum absolute atomic E-state index is 0.0994. The standard InChI is InChI=1S/C17H36O3Si/c1-7-8-9-10-11-12-13-15(20-21(4,5)6)16-14-18-17(2,3)19-16/h15-16H,7-14H2,1-6H3/t15-,16+/m0/s1. The Morgan fingerprint density at radius 2 is 1.71 bits per heavy atom. The Bertz CT molecular complexity index is 286. The van der Waals surface area contributed by atoms with Gasteiger partial charge < -0.3 is 13.9 Å². The average Bonchev–Trinajstić information content (AvgIpc) is 2.71. The van der Waals surface area contributed by atoms with Crippen molar-refractivity contribution in [2.75, 3.05) is 6.61 Å². The van der Waals surface area contributed by atoms with Gasteiger partial charge in [-0.15, -0.1) is 0 Å². The lowest BCUT2D eigenvalue weighted by Crippen LogP contribution is -2.40. The first-order valence-electron chi connectivity index (χ1n) is 8.73. The van der Waals surface area contributed by atoms with E-state index >= 15 is 0 Å². The highest BCUT2D eigenvalue weighted by atomic mass is 28.4. The fraction of sp³-hybridized carbons (Fsp3) is 1.00. The molecule has 126 valence electrons. The maximum absolute atomic E-state index is 6.38. The predicted molar refractivity (Wildman–Crippen MR) is 91.1 cm³/mol. The molecule has 2 atom stereocenters. The maximum Gasteiger partial charge on any atom is 0.184 e. The fourth-order valence-corrected chi connectivity index (χ4v) is 3.98. The zero-order valence-electron chi connectivity index (χ0n) is 15.0. The summed E-state index contributed by atoms with van der Waals surface area (Å²) >= 11 is 0. The molecule has 0 saturated carbocycles. The number of unbranched alkanes of at least 4 members (excludes halogenated alkanes) is 5. The van der Waals surface area contributed by atoms with Gasteiger partial charge in [-0.1, -0.05) is 45.4 Å². The van der Waals surface area contributed by atoms with Gasteiger partial charge in [-0.2, -0.15) is 0 Å². The third kappa shape index (κ3) is 8.34. The van der Waals surface area contributed by atoms with Crippen molar-refractivity contribution < 1.29 is 13.9 Å². The van der Waals surface area contributed by atoms with Gasteiger partial charge in [-0.3, -0.25) is 0 Å². The third-order valence-corrected chi connectivity index (χ3v) is 4.80. The molecule has 0 unspecified atom stereocenters. The topological polar surface area (TPSA) is 27.7 Å². The molecule has 1 aliphatic rings. The highest BCUT2D eigenvalue weighted by Gasteiger charge is 2.39. The Balaban J connectivity index is 2.39. The van der Waals surface area contributed by atoms with Gasteiger partial charge in [0, 0.05) is 0 Å². The van der Waals surface area contributed by atoms with Crippen molar-refractivity contribution in [2.24, 2.45) is 0 Å². The second kappa shape index (κ2) is 8.66. The van der Waals surface area contributed by atoms with Gasteiger partial charge in [0.25, 0.3) is 0 Å². The molecule has 0 aromatic heterocycles. The van der Waals surface area contributed by atoms with E-state index in [0.29, 0.717) is 6.61 Å². The summed E-state index contributed by atoms with van der Waals surface area (Å²) in [5.41, 5.74) is 0. The van der Waals surface area contributed by atoms with Crippen LogP contribution in [0.25, 0.3) is 0 Å². The molecule has 0 radical (unpaired) electrons. The predicted octanol–water partition coefficient (Wildman–Crippen LogP) is 5.11. The lowest BCUT2D eigenvalue weighted by molar-refractivity contribution is -0.150. The average molecular weight is 317 g/mol. The molecule has 0 spiro atoms.